The van der Waals surface area contributed by atoms with Gasteiger partial charge >= 0.3 is 0 Å². The van der Waals surface area contributed by atoms with Gasteiger partial charge in [-0.25, -0.2) is 0 Å². The highest BCUT2D eigenvalue weighted by molar-refractivity contribution is 6.18. The molecular weight excluding hydrogens is 188 g/mol. The Labute approximate surface area is 85.2 Å². The van der Waals surface area contributed by atoms with E-state index in [1.54, 1.807) is 4.90 Å². The van der Waals surface area contributed by atoms with E-state index < -0.39 is 0 Å². The summed E-state index contributed by atoms with van der Waals surface area (Å²) in [6, 6.07) is 0. The summed E-state index contributed by atoms with van der Waals surface area (Å²) >= 11 is 5.52. The van der Waals surface area contributed by atoms with E-state index in [1.807, 2.05) is 0 Å². The summed E-state index contributed by atoms with van der Waals surface area (Å²) in [6.45, 7) is 2.24. The van der Waals surface area contributed by atoms with Gasteiger partial charge in [0, 0.05) is 19.0 Å². The van der Waals surface area contributed by atoms with Gasteiger partial charge in [-0.1, -0.05) is 12.8 Å². The van der Waals surface area contributed by atoms with Crippen LogP contribution in [0.15, 0.2) is 0 Å². The summed E-state index contributed by atoms with van der Waals surface area (Å²) in [5.41, 5.74) is 5.36. The van der Waals surface area contributed by atoms with Crippen LogP contribution in [0.25, 0.3) is 0 Å². The molecule has 0 bridgehead atoms. The summed E-state index contributed by atoms with van der Waals surface area (Å²) in [5.74, 6) is 0.515. The molecule has 13 heavy (non-hydrogen) atoms. The van der Waals surface area contributed by atoms with Gasteiger partial charge in [-0.15, -0.1) is 11.6 Å². The first kappa shape index (κ1) is 12.7. The third kappa shape index (κ3) is 8.06. The van der Waals surface area contributed by atoms with E-state index in [4.69, 9.17) is 17.3 Å². The van der Waals surface area contributed by atoms with Crippen LogP contribution in [0, 0.1) is 0 Å². The average Bonchev–Trinajstić information content (AvgIpc) is 2.16. The lowest BCUT2D eigenvalue weighted by atomic mass is 10.2. The van der Waals surface area contributed by atoms with Crippen molar-refractivity contribution in [3.05, 3.63) is 0 Å². The number of carbonyl (C=O) groups is 1. The van der Waals surface area contributed by atoms with Crippen molar-refractivity contribution < 1.29 is 4.79 Å². The van der Waals surface area contributed by atoms with Gasteiger partial charge in [0.2, 0.25) is 6.41 Å². The van der Waals surface area contributed by atoms with E-state index in [9.17, 15) is 4.79 Å². The maximum Gasteiger partial charge on any atom is 0.209 e. The number of rotatable bonds is 9. The fraction of sp³-hybridized carbons (Fsp3) is 0.889. The number of carbonyl (C=O) groups excluding carboxylic acids is 1. The summed E-state index contributed by atoms with van der Waals surface area (Å²) in [7, 11) is 0. The number of halogens is 1. The normalized spacial score (nSPS) is 10.0. The molecule has 0 radical (unpaired) electrons. The van der Waals surface area contributed by atoms with Crippen LogP contribution < -0.4 is 5.73 Å². The number of alkyl halides is 1. The molecule has 0 spiro atoms. The van der Waals surface area contributed by atoms with Crippen molar-refractivity contribution in [2.75, 3.05) is 25.5 Å². The van der Waals surface area contributed by atoms with Gasteiger partial charge in [0.25, 0.3) is 0 Å². The molecule has 1 amide bonds. The number of hydrogen-bond donors (Lipinski definition) is 1. The quantitative estimate of drug-likeness (QED) is 0.350. The van der Waals surface area contributed by atoms with E-state index in [0.29, 0.717) is 12.4 Å². The lowest BCUT2D eigenvalue weighted by Crippen LogP contribution is -2.25. The molecule has 4 heteroatoms. The highest BCUT2D eigenvalue weighted by Gasteiger charge is 1.98. The van der Waals surface area contributed by atoms with Crippen LogP contribution in [0.1, 0.15) is 25.7 Å². The number of amides is 1. The Bertz CT molecular complexity index is 122. The lowest BCUT2D eigenvalue weighted by molar-refractivity contribution is -0.118. The molecule has 0 aliphatic carbocycles. The SMILES string of the molecule is NCCCCCCN(C=O)CCCl. The van der Waals surface area contributed by atoms with E-state index in [1.165, 1.54) is 0 Å². The topological polar surface area (TPSA) is 46.3 Å². The van der Waals surface area contributed by atoms with Gasteiger partial charge in [0.1, 0.15) is 0 Å². The number of unbranched alkanes of at least 4 members (excludes halogenated alkanes) is 3. The van der Waals surface area contributed by atoms with Crippen molar-refractivity contribution in [1.82, 2.24) is 4.90 Å². The van der Waals surface area contributed by atoms with Gasteiger partial charge < -0.3 is 10.6 Å². The zero-order chi connectivity index (χ0) is 9.94. The van der Waals surface area contributed by atoms with Gasteiger partial charge in [-0.2, -0.15) is 0 Å². The number of hydrogen-bond acceptors (Lipinski definition) is 2. The zero-order valence-electron chi connectivity index (χ0n) is 8.04. The Balaban J connectivity index is 3.22. The van der Waals surface area contributed by atoms with Crippen molar-refractivity contribution in [3.63, 3.8) is 0 Å². The van der Waals surface area contributed by atoms with Crippen molar-refractivity contribution >= 4 is 18.0 Å². The second kappa shape index (κ2) is 9.81. The zero-order valence-corrected chi connectivity index (χ0v) is 8.80. The van der Waals surface area contributed by atoms with Crippen LogP contribution in [0.4, 0.5) is 0 Å². The minimum Gasteiger partial charge on any atom is -0.344 e. The van der Waals surface area contributed by atoms with E-state index in [-0.39, 0.29) is 0 Å². The largest absolute Gasteiger partial charge is 0.344 e. The molecule has 0 unspecified atom stereocenters. The molecule has 0 aliphatic rings. The monoisotopic (exact) mass is 206 g/mol. The Morgan fingerprint density at radius 3 is 2.38 bits per heavy atom. The standard InChI is InChI=1S/C9H19ClN2O/c10-5-8-12(9-13)7-4-2-1-3-6-11/h9H,1-8,11H2. The Morgan fingerprint density at radius 1 is 1.15 bits per heavy atom. The van der Waals surface area contributed by atoms with Gasteiger partial charge in [0.05, 0.1) is 0 Å². The highest BCUT2D eigenvalue weighted by Crippen LogP contribution is 2.00. The fourth-order valence-corrected chi connectivity index (χ4v) is 1.36. The van der Waals surface area contributed by atoms with E-state index in [0.717, 1.165) is 45.2 Å². The molecule has 0 aromatic rings. The molecule has 0 heterocycles. The third-order valence-electron chi connectivity index (χ3n) is 1.92. The van der Waals surface area contributed by atoms with Crippen LogP contribution in [0.3, 0.4) is 0 Å². The summed E-state index contributed by atoms with van der Waals surface area (Å²) in [6.07, 6.45) is 5.30. The van der Waals surface area contributed by atoms with Gasteiger partial charge in [-0.3, -0.25) is 4.79 Å². The smallest absolute Gasteiger partial charge is 0.209 e. The Hall–Kier alpha value is -0.280. The molecule has 0 atom stereocenters. The second-order valence-corrected chi connectivity index (χ2v) is 3.41. The summed E-state index contributed by atoms with van der Waals surface area (Å²) in [4.78, 5) is 12.2. The van der Waals surface area contributed by atoms with Crippen molar-refractivity contribution in [2.45, 2.75) is 25.7 Å². The molecular formula is C9H19ClN2O. The fourth-order valence-electron chi connectivity index (χ4n) is 1.14. The number of nitrogens with zero attached hydrogens (tertiary/aromatic N) is 1. The predicted octanol–water partition coefficient (Wildman–Crippen LogP) is 1.20. The first-order valence-corrected chi connectivity index (χ1v) is 5.34. The third-order valence-corrected chi connectivity index (χ3v) is 2.09. The van der Waals surface area contributed by atoms with Crippen LogP contribution >= 0.6 is 11.6 Å². The minimum absolute atomic E-state index is 0.515. The second-order valence-electron chi connectivity index (χ2n) is 3.03. The van der Waals surface area contributed by atoms with Crippen molar-refractivity contribution in [2.24, 2.45) is 5.73 Å². The Morgan fingerprint density at radius 2 is 1.85 bits per heavy atom. The molecule has 0 rings (SSSR count). The van der Waals surface area contributed by atoms with E-state index >= 15 is 0 Å². The Kier molecular flexibility index (Phi) is 9.59. The van der Waals surface area contributed by atoms with Crippen LogP contribution in [0.5, 0.6) is 0 Å². The van der Waals surface area contributed by atoms with Gasteiger partial charge in [-0.05, 0) is 19.4 Å². The summed E-state index contributed by atoms with van der Waals surface area (Å²) in [5, 5.41) is 0. The highest BCUT2D eigenvalue weighted by atomic mass is 35.5. The summed E-state index contributed by atoms with van der Waals surface area (Å²) < 4.78 is 0. The molecule has 0 aliphatic heterocycles. The van der Waals surface area contributed by atoms with Crippen molar-refractivity contribution in [3.8, 4) is 0 Å². The number of nitrogens with two attached hydrogens (primary N) is 1. The molecule has 0 fully saturated rings. The van der Waals surface area contributed by atoms with Crippen LogP contribution in [-0.4, -0.2) is 36.8 Å². The first-order chi connectivity index (χ1) is 6.35. The van der Waals surface area contributed by atoms with Gasteiger partial charge in [0.15, 0.2) is 0 Å². The minimum atomic E-state index is 0.515. The molecule has 0 aromatic carbocycles. The van der Waals surface area contributed by atoms with Crippen LogP contribution in [-0.2, 0) is 4.79 Å². The maximum atomic E-state index is 10.5. The molecule has 0 saturated carbocycles. The molecule has 78 valence electrons. The maximum absolute atomic E-state index is 10.5. The van der Waals surface area contributed by atoms with Crippen molar-refractivity contribution in [1.29, 1.82) is 0 Å². The lowest BCUT2D eigenvalue weighted by Gasteiger charge is -2.14. The predicted molar refractivity (Wildman–Crippen MR) is 55.9 cm³/mol. The average molecular weight is 207 g/mol. The molecule has 3 nitrogen and oxygen atoms in total. The van der Waals surface area contributed by atoms with Crippen LogP contribution in [0.2, 0.25) is 0 Å². The first-order valence-electron chi connectivity index (χ1n) is 4.80. The molecule has 0 saturated heterocycles. The van der Waals surface area contributed by atoms with E-state index in [2.05, 4.69) is 0 Å². The molecule has 0 aromatic heterocycles. The molecule has 2 N–H and O–H groups in total.